The minimum atomic E-state index is -0.00287. The Kier molecular flexibility index (Phi) is 8.69. The summed E-state index contributed by atoms with van der Waals surface area (Å²) >= 11 is 0. The van der Waals surface area contributed by atoms with Gasteiger partial charge in [0.25, 0.3) is 0 Å². The molecular formula is C19H38N4O2. The van der Waals surface area contributed by atoms with E-state index in [1.54, 1.807) is 26.1 Å². The summed E-state index contributed by atoms with van der Waals surface area (Å²) in [5, 5.41) is 6.93. The van der Waals surface area contributed by atoms with Gasteiger partial charge < -0.3 is 20.3 Å². The predicted molar refractivity (Wildman–Crippen MR) is 104 cm³/mol. The number of nitrogens with one attached hydrogen (secondary N) is 2. The van der Waals surface area contributed by atoms with Gasteiger partial charge in [-0.3, -0.25) is 4.79 Å². The fourth-order valence-electron chi connectivity index (χ4n) is 3.08. The molecule has 0 saturated heterocycles. The van der Waals surface area contributed by atoms with Gasteiger partial charge in [-0.2, -0.15) is 0 Å². The molecule has 0 bridgehead atoms. The number of hydrogen-bond acceptors (Lipinski definition) is 3. The maximum atomic E-state index is 11.9. The van der Waals surface area contributed by atoms with Gasteiger partial charge in [0.05, 0.1) is 6.10 Å². The van der Waals surface area contributed by atoms with Crippen LogP contribution >= 0.6 is 0 Å². The monoisotopic (exact) mass is 354 g/mol. The fourth-order valence-corrected chi connectivity index (χ4v) is 3.08. The van der Waals surface area contributed by atoms with Gasteiger partial charge in [-0.05, 0) is 24.2 Å². The van der Waals surface area contributed by atoms with E-state index < -0.39 is 0 Å². The van der Waals surface area contributed by atoms with Gasteiger partial charge in [-0.15, -0.1) is 0 Å². The number of rotatable bonds is 6. The van der Waals surface area contributed by atoms with Crippen LogP contribution in [0.2, 0.25) is 0 Å². The van der Waals surface area contributed by atoms with Gasteiger partial charge in [0, 0.05) is 33.8 Å². The van der Waals surface area contributed by atoms with Crippen molar-refractivity contribution in [1.29, 1.82) is 0 Å². The van der Waals surface area contributed by atoms with Crippen molar-refractivity contribution in [2.45, 2.75) is 65.5 Å². The van der Waals surface area contributed by atoms with E-state index in [0.717, 1.165) is 6.42 Å². The normalized spacial score (nSPS) is 23.1. The number of likely N-dealkylation sites (N-methyl/N-ethyl adjacent to an activating group) is 1. The molecule has 1 rings (SSSR count). The maximum Gasteiger partial charge on any atom is 0.243 e. The lowest BCUT2D eigenvalue weighted by Crippen LogP contribution is -2.50. The molecule has 3 atom stereocenters. The number of aliphatic imine (C=N–C) groups is 1. The zero-order chi connectivity index (χ0) is 19.0. The molecule has 1 aliphatic carbocycles. The van der Waals surface area contributed by atoms with Crippen LogP contribution in [-0.2, 0) is 9.53 Å². The molecule has 0 spiro atoms. The van der Waals surface area contributed by atoms with Gasteiger partial charge in [-0.1, -0.05) is 40.5 Å². The predicted octanol–water partition coefficient (Wildman–Crippen LogP) is 2.25. The number of amides is 1. The van der Waals surface area contributed by atoms with E-state index in [1.165, 1.54) is 19.3 Å². The van der Waals surface area contributed by atoms with Crippen molar-refractivity contribution in [2.75, 3.05) is 34.3 Å². The van der Waals surface area contributed by atoms with Crippen LogP contribution in [-0.4, -0.2) is 63.2 Å². The zero-order valence-electron chi connectivity index (χ0n) is 17.2. The van der Waals surface area contributed by atoms with Gasteiger partial charge >= 0.3 is 0 Å². The highest BCUT2D eigenvalue weighted by Gasteiger charge is 2.26. The molecule has 3 unspecified atom stereocenters. The minimum absolute atomic E-state index is 0.00287. The topological polar surface area (TPSA) is 66.0 Å². The van der Waals surface area contributed by atoms with Crippen molar-refractivity contribution in [1.82, 2.24) is 15.5 Å². The first-order chi connectivity index (χ1) is 11.6. The van der Waals surface area contributed by atoms with Gasteiger partial charge in [-0.25, -0.2) is 4.99 Å². The number of nitrogens with zero attached hydrogens (tertiary/aromatic N) is 2. The molecule has 25 heavy (non-hydrogen) atoms. The molecule has 1 fully saturated rings. The Labute approximate surface area is 153 Å². The SMILES string of the molecule is COC(CNC(=NCC(=O)N(C)C)NC1CCCCC1C)C(C)(C)C. The molecule has 1 aliphatic rings. The molecule has 1 amide bonds. The summed E-state index contributed by atoms with van der Waals surface area (Å²) in [6, 6.07) is 0.407. The second-order valence-electron chi connectivity index (χ2n) is 8.44. The van der Waals surface area contributed by atoms with Gasteiger partial charge in [0.15, 0.2) is 5.96 Å². The molecule has 0 radical (unpaired) electrons. The van der Waals surface area contributed by atoms with E-state index in [2.05, 4.69) is 43.3 Å². The standard InChI is InChI=1S/C19H38N4O2/c1-14-10-8-9-11-15(14)22-18(21-13-17(24)23(5)6)20-12-16(25-7)19(2,3)4/h14-16H,8-13H2,1-7H3,(H2,20,21,22). The Bertz CT molecular complexity index is 443. The number of carbonyl (C=O) groups is 1. The molecule has 6 heteroatoms. The lowest BCUT2D eigenvalue weighted by Gasteiger charge is -2.33. The number of guanidine groups is 1. The second kappa shape index (κ2) is 10.00. The van der Waals surface area contributed by atoms with E-state index >= 15 is 0 Å². The second-order valence-corrected chi connectivity index (χ2v) is 8.44. The highest BCUT2D eigenvalue weighted by Crippen LogP contribution is 2.24. The third kappa shape index (κ3) is 7.63. The molecule has 0 aromatic heterocycles. The highest BCUT2D eigenvalue weighted by atomic mass is 16.5. The average molecular weight is 355 g/mol. The Morgan fingerprint density at radius 2 is 1.92 bits per heavy atom. The van der Waals surface area contributed by atoms with Gasteiger partial charge in [0.1, 0.15) is 6.54 Å². The third-order valence-corrected chi connectivity index (χ3v) is 5.01. The Morgan fingerprint density at radius 1 is 1.28 bits per heavy atom. The Hall–Kier alpha value is -1.30. The first kappa shape index (κ1) is 21.7. The number of methoxy groups -OCH3 is 1. The summed E-state index contributed by atoms with van der Waals surface area (Å²) in [5.74, 6) is 1.32. The van der Waals surface area contributed by atoms with Crippen LogP contribution in [0.1, 0.15) is 53.4 Å². The van der Waals surface area contributed by atoms with Gasteiger partial charge in [0.2, 0.25) is 5.91 Å². The highest BCUT2D eigenvalue weighted by molar-refractivity contribution is 5.85. The van der Waals surface area contributed by atoms with Crippen LogP contribution in [0.5, 0.6) is 0 Å². The van der Waals surface area contributed by atoms with E-state index in [4.69, 9.17) is 4.74 Å². The first-order valence-electron chi connectivity index (χ1n) is 9.43. The lowest BCUT2D eigenvalue weighted by molar-refractivity contribution is -0.127. The smallest absolute Gasteiger partial charge is 0.243 e. The van der Waals surface area contributed by atoms with E-state index in [1.807, 2.05) is 0 Å². The molecule has 2 N–H and O–H groups in total. The van der Waals surface area contributed by atoms with Crippen LogP contribution in [0.4, 0.5) is 0 Å². The lowest BCUT2D eigenvalue weighted by atomic mass is 9.86. The van der Waals surface area contributed by atoms with Crippen LogP contribution in [0.25, 0.3) is 0 Å². The summed E-state index contributed by atoms with van der Waals surface area (Å²) < 4.78 is 5.62. The third-order valence-electron chi connectivity index (χ3n) is 5.01. The van der Waals surface area contributed by atoms with Crippen molar-refractivity contribution < 1.29 is 9.53 Å². The zero-order valence-corrected chi connectivity index (χ0v) is 17.2. The quantitative estimate of drug-likeness (QED) is 0.567. The summed E-state index contributed by atoms with van der Waals surface area (Å²) in [4.78, 5) is 18.0. The molecule has 6 nitrogen and oxygen atoms in total. The molecule has 0 heterocycles. The van der Waals surface area contributed by atoms with Crippen LogP contribution in [0.15, 0.2) is 4.99 Å². The number of carbonyl (C=O) groups excluding carboxylic acids is 1. The molecule has 0 aliphatic heterocycles. The van der Waals surface area contributed by atoms with E-state index in [0.29, 0.717) is 24.5 Å². The average Bonchev–Trinajstić information content (AvgIpc) is 2.53. The summed E-state index contributed by atoms with van der Waals surface area (Å²) in [6.45, 7) is 9.57. The molecule has 146 valence electrons. The summed E-state index contributed by atoms with van der Waals surface area (Å²) in [6.07, 6.45) is 5.00. The Balaban J connectivity index is 2.76. The summed E-state index contributed by atoms with van der Waals surface area (Å²) in [7, 11) is 5.24. The van der Waals surface area contributed by atoms with Crippen molar-refractivity contribution in [3.8, 4) is 0 Å². The Morgan fingerprint density at radius 3 is 2.44 bits per heavy atom. The van der Waals surface area contributed by atoms with Crippen molar-refractivity contribution in [3.63, 3.8) is 0 Å². The van der Waals surface area contributed by atoms with Crippen molar-refractivity contribution in [3.05, 3.63) is 0 Å². The largest absolute Gasteiger partial charge is 0.379 e. The van der Waals surface area contributed by atoms with Crippen LogP contribution in [0, 0.1) is 11.3 Å². The number of hydrogen-bond donors (Lipinski definition) is 2. The van der Waals surface area contributed by atoms with E-state index in [9.17, 15) is 4.79 Å². The fraction of sp³-hybridized carbons (Fsp3) is 0.895. The molecule has 0 aromatic rings. The van der Waals surface area contributed by atoms with Crippen LogP contribution < -0.4 is 10.6 Å². The van der Waals surface area contributed by atoms with E-state index in [-0.39, 0.29) is 24.0 Å². The molecular weight excluding hydrogens is 316 g/mol. The summed E-state index contributed by atoms with van der Waals surface area (Å²) in [5.41, 5.74) is 0.0322. The maximum absolute atomic E-state index is 11.9. The molecule has 0 aromatic carbocycles. The molecule has 1 saturated carbocycles. The van der Waals surface area contributed by atoms with Crippen molar-refractivity contribution in [2.24, 2.45) is 16.3 Å². The first-order valence-corrected chi connectivity index (χ1v) is 9.43. The van der Waals surface area contributed by atoms with Crippen LogP contribution in [0.3, 0.4) is 0 Å². The number of ether oxygens (including phenoxy) is 1. The minimum Gasteiger partial charge on any atom is -0.379 e. The van der Waals surface area contributed by atoms with Crippen molar-refractivity contribution >= 4 is 11.9 Å².